The fourth-order valence-electron chi connectivity index (χ4n) is 3.35. The van der Waals surface area contributed by atoms with Crippen molar-refractivity contribution in [3.63, 3.8) is 0 Å². The first kappa shape index (κ1) is 25.1. The summed E-state index contributed by atoms with van der Waals surface area (Å²) >= 11 is 0. The van der Waals surface area contributed by atoms with Crippen molar-refractivity contribution in [3.05, 3.63) is 35.4 Å². The molecule has 0 bridgehead atoms. The molecule has 0 atom stereocenters. The van der Waals surface area contributed by atoms with E-state index < -0.39 is 0 Å². The molecule has 2 rings (SSSR count). The first-order valence-electron chi connectivity index (χ1n) is 11.8. The summed E-state index contributed by atoms with van der Waals surface area (Å²) in [6.07, 6.45) is 5.69. The van der Waals surface area contributed by atoms with Crippen molar-refractivity contribution in [2.24, 2.45) is 4.99 Å². The Morgan fingerprint density at radius 2 is 1.68 bits per heavy atom. The fraction of sp³-hybridized carbons (Fsp3) is 0.667. The molecule has 7 heteroatoms. The molecule has 1 aliphatic rings. The number of unbranched alkanes of at least 4 members (excludes halogenated alkanes) is 1. The molecule has 1 heterocycles. The van der Waals surface area contributed by atoms with Crippen LogP contribution in [0.25, 0.3) is 0 Å². The second-order valence-electron chi connectivity index (χ2n) is 7.75. The van der Waals surface area contributed by atoms with E-state index in [0.717, 1.165) is 69.0 Å². The lowest BCUT2D eigenvalue weighted by Gasteiger charge is -2.26. The van der Waals surface area contributed by atoms with Crippen LogP contribution in [0.1, 0.15) is 61.9 Å². The number of guanidine groups is 1. The highest BCUT2D eigenvalue weighted by atomic mass is 16.5. The lowest BCUT2D eigenvalue weighted by Crippen LogP contribution is -2.39. The zero-order valence-electron chi connectivity index (χ0n) is 19.3. The van der Waals surface area contributed by atoms with Crippen LogP contribution >= 0.6 is 0 Å². The van der Waals surface area contributed by atoms with Crippen molar-refractivity contribution < 1.29 is 14.3 Å². The van der Waals surface area contributed by atoms with Crippen LogP contribution in [0.15, 0.2) is 29.3 Å². The summed E-state index contributed by atoms with van der Waals surface area (Å²) in [7, 11) is 0. The molecule has 0 aromatic heterocycles. The molecule has 174 valence electrons. The fourth-order valence-corrected chi connectivity index (χ4v) is 3.35. The first-order valence-corrected chi connectivity index (χ1v) is 11.8. The third-order valence-electron chi connectivity index (χ3n) is 5.16. The molecule has 2 N–H and O–H groups in total. The lowest BCUT2D eigenvalue weighted by atomic mass is 10.1. The average Bonchev–Trinajstić information content (AvgIpc) is 2.82. The van der Waals surface area contributed by atoms with E-state index in [-0.39, 0.29) is 5.91 Å². The van der Waals surface area contributed by atoms with Crippen molar-refractivity contribution in [1.82, 2.24) is 15.5 Å². The largest absolute Gasteiger partial charge is 0.379 e. The smallest absolute Gasteiger partial charge is 0.253 e. The normalized spacial score (nSPS) is 14.5. The first-order chi connectivity index (χ1) is 15.2. The summed E-state index contributed by atoms with van der Waals surface area (Å²) in [6.45, 7) is 10.6. The Kier molecular flexibility index (Phi) is 12.7. The number of amides is 1. The van der Waals surface area contributed by atoms with Gasteiger partial charge in [-0.15, -0.1) is 0 Å². The highest BCUT2D eigenvalue weighted by Crippen LogP contribution is 2.14. The number of rotatable bonds is 13. The maximum Gasteiger partial charge on any atom is 0.253 e. The van der Waals surface area contributed by atoms with E-state index in [1.807, 2.05) is 36.1 Å². The summed E-state index contributed by atoms with van der Waals surface area (Å²) in [5, 5.41) is 6.54. The summed E-state index contributed by atoms with van der Waals surface area (Å²) in [5.41, 5.74) is 1.84. The molecule has 1 aliphatic heterocycles. The van der Waals surface area contributed by atoms with Crippen LogP contribution < -0.4 is 10.6 Å². The van der Waals surface area contributed by atoms with Crippen molar-refractivity contribution >= 4 is 11.9 Å². The Hall–Kier alpha value is -2.12. The van der Waals surface area contributed by atoms with E-state index in [1.54, 1.807) is 0 Å². The Balaban J connectivity index is 1.71. The topological polar surface area (TPSA) is 75.2 Å². The number of aliphatic imine (C=N–C) groups is 1. The van der Waals surface area contributed by atoms with E-state index >= 15 is 0 Å². The van der Waals surface area contributed by atoms with Gasteiger partial charge in [-0.25, -0.2) is 4.99 Å². The lowest BCUT2D eigenvalue weighted by molar-refractivity contribution is 0.0487. The van der Waals surface area contributed by atoms with Gasteiger partial charge in [0, 0.05) is 38.3 Å². The monoisotopic (exact) mass is 432 g/mol. The molecule has 0 saturated carbocycles. The Labute approximate surface area is 187 Å². The standard InChI is InChI=1S/C24H40N4O3/c1-3-5-16-30-18-19-31-17-13-26-24(25-4-2)27-20-21-9-11-22(12-10-21)23(29)28-14-7-6-8-15-28/h9-12H,3-8,13-20H2,1-2H3,(H2,25,26,27). The number of piperidine rings is 1. The molecule has 1 fully saturated rings. The zero-order chi connectivity index (χ0) is 22.2. The van der Waals surface area contributed by atoms with Gasteiger partial charge in [-0.05, 0) is 50.3 Å². The van der Waals surface area contributed by atoms with Crippen LogP contribution in [0.2, 0.25) is 0 Å². The zero-order valence-corrected chi connectivity index (χ0v) is 19.3. The Morgan fingerprint density at radius 1 is 0.968 bits per heavy atom. The molecule has 1 aromatic carbocycles. The minimum absolute atomic E-state index is 0.139. The second kappa shape index (κ2) is 15.6. The molecule has 0 aliphatic carbocycles. The molecule has 1 saturated heterocycles. The molecule has 0 unspecified atom stereocenters. The number of carbonyl (C=O) groups excluding carboxylic acids is 1. The number of benzene rings is 1. The SMILES string of the molecule is CCCCOCCOCCNC(=NCc1ccc(C(=O)N2CCCCC2)cc1)NCC. The van der Waals surface area contributed by atoms with Gasteiger partial charge in [0.25, 0.3) is 5.91 Å². The summed E-state index contributed by atoms with van der Waals surface area (Å²) in [6, 6.07) is 7.81. The van der Waals surface area contributed by atoms with Crippen LogP contribution in [0.4, 0.5) is 0 Å². The van der Waals surface area contributed by atoms with Crippen LogP contribution in [0, 0.1) is 0 Å². The van der Waals surface area contributed by atoms with Gasteiger partial charge in [0.15, 0.2) is 5.96 Å². The molecule has 7 nitrogen and oxygen atoms in total. The highest BCUT2D eigenvalue weighted by molar-refractivity contribution is 5.94. The van der Waals surface area contributed by atoms with Crippen LogP contribution in [0.5, 0.6) is 0 Å². The van der Waals surface area contributed by atoms with Gasteiger partial charge in [-0.2, -0.15) is 0 Å². The Bertz CT molecular complexity index is 643. The summed E-state index contributed by atoms with van der Waals surface area (Å²) < 4.78 is 11.1. The average molecular weight is 433 g/mol. The van der Waals surface area contributed by atoms with Crippen molar-refractivity contribution in [2.75, 3.05) is 52.6 Å². The van der Waals surface area contributed by atoms with Gasteiger partial charge in [0.2, 0.25) is 0 Å². The number of nitrogens with one attached hydrogen (secondary N) is 2. The quantitative estimate of drug-likeness (QED) is 0.284. The number of hydrogen-bond donors (Lipinski definition) is 2. The molecular weight excluding hydrogens is 392 g/mol. The van der Waals surface area contributed by atoms with Gasteiger partial charge >= 0.3 is 0 Å². The minimum atomic E-state index is 0.139. The van der Waals surface area contributed by atoms with E-state index in [9.17, 15) is 4.79 Å². The van der Waals surface area contributed by atoms with Crippen LogP contribution in [0.3, 0.4) is 0 Å². The second-order valence-corrected chi connectivity index (χ2v) is 7.75. The summed E-state index contributed by atoms with van der Waals surface area (Å²) in [5.74, 6) is 0.902. The van der Waals surface area contributed by atoms with Gasteiger partial charge in [0.1, 0.15) is 0 Å². The number of nitrogens with zero attached hydrogens (tertiary/aromatic N) is 2. The van der Waals surface area contributed by atoms with Gasteiger partial charge in [0.05, 0.1) is 26.4 Å². The van der Waals surface area contributed by atoms with Gasteiger partial charge < -0.3 is 25.0 Å². The van der Waals surface area contributed by atoms with Crippen LogP contribution in [-0.2, 0) is 16.0 Å². The van der Waals surface area contributed by atoms with Crippen LogP contribution in [-0.4, -0.2) is 69.4 Å². The predicted molar refractivity (Wildman–Crippen MR) is 126 cm³/mol. The number of hydrogen-bond acceptors (Lipinski definition) is 4. The Morgan fingerprint density at radius 3 is 2.35 bits per heavy atom. The highest BCUT2D eigenvalue weighted by Gasteiger charge is 2.17. The predicted octanol–water partition coefficient (Wildman–Crippen LogP) is 3.20. The van der Waals surface area contributed by atoms with Gasteiger partial charge in [-0.3, -0.25) is 4.79 Å². The molecule has 1 amide bonds. The van der Waals surface area contributed by atoms with Gasteiger partial charge in [-0.1, -0.05) is 25.5 Å². The van der Waals surface area contributed by atoms with Crippen molar-refractivity contribution in [3.8, 4) is 0 Å². The summed E-state index contributed by atoms with van der Waals surface area (Å²) in [4.78, 5) is 19.2. The number of ether oxygens (including phenoxy) is 2. The van der Waals surface area contributed by atoms with Crippen molar-refractivity contribution in [2.45, 2.75) is 52.5 Å². The molecule has 1 aromatic rings. The molecular formula is C24H40N4O3. The molecule has 31 heavy (non-hydrogen) atoms. The third kappa shape index (κ3) is 10.2. The van der Waals surface area contributed by atoms with E-state index in [1.165, 1.54) is 6.42 Å². The van der Waals surface area contributed by atoms with E-state index in [4.69, 9.17) is 9.47 Å². The van der Waals surface area contributed by atoms with Crippen molar-refractivity contribution in [1.29, 1.82) is 0 Å². The van der Waals surface area contributed by atoms with E-state index in [0.29, 0.717) is 32.9 Å². The van der Waals surface area contributed by atoms with E-state index in [2.05, 4.69) is 22.5 Å². The number of carbonyl (C=O) groups is 1. The third-order valence-corrected chi connectivity index (χ3v) is 5.16. The number of likely N-dealkylation sites (tertiary alicyclic amines) is 1. The molecule has 0 spiro atoms. The molecule has 0 radical (unpaired) electrons. The maximum absolute atomic E-state index is 12.6. The maximum atomic E-state index is 12.6. The minimum Gasteiger partial charge on any atom is -0.379 e.